The first-order valence-electron chi connectivity index (χ1n) is 17.8. The molecular weight excluding hydrogens is 631 g/mol. The number of hydrogen-bond acceptors (Lipinski definition) is 2. The van der Waals surface area contributed by atoms with Crippen molar-refractivity contribution < 1.29 is 4.42 Å². The molecule has 10 aromatic rings. The number of nitrogens with zero attached hydrogens (tertiary/aromatic N) is 1. The second-order valence-corrected chi connectivity index (χ2v) is 13.3. The Hall–Kier alpha value is -6.90. The zero-order chi connectivity index (χ0) is 34.4. The van der Waals surface area contributed by atoms with Crippen molar-refractivity contribution in [1.82, 2.24) is 0 Å². The lowest BCUT2D eigenvalue weighted by Gasteiger charge is -2.28. The highest BCUT2D eigenvalue weighted by atomic mass is 16.3. The van der Waals surface area contributed by atoms with Crippen molar-refractivity contribution in [2.45, 2.75) is 0 Å². The molecular formula is C50H33NO. The molecule has 0 aliphatic carbocycles. The van der Waals surface area contributed by atoms with Gasteiger partial charge in [0.1, 0.15) is 11.2 Å². The van der Waals surface area contributed by atoms with Gasteiger partial charge < -0.3 is 9.32 Å². The van der Waals surface area contributed by atoms with Gasteiger partial charge in [-0.3, -0.25) is 0 Å². The first-order valence-corrected chi connectivity index (χ1v) is 17.8. The van der Waals surface area contributed by atoms with Gasteiger partial charge in [-0.25, -0.2) is 0 Å². The monoisotopic (exact) mass is 663 g/mol. The largest absolute Gasteiger partial charge is 0.455 e. The van der Waals surface area contributed by atoms with Crippen LogP contribution in [-0.2, 0) is 0 Å². The van der Waals surface area contributed by atoms with Gasteiger partial charge in [0.2, 0.25) is 0 Å². The van der Waals surface area contributed by atoms with Crippen LogP contribution in [0.4, 0.5) is 17.1 Å². The smallest absolute Gasteiger partial charge is 0.143 e. The van der Waals surface area contributed by atoms with Gasteiger partial charge in [0.15, 0.2) is 0 Å². The van der Waals surface area contributed by atoms with E-state index in [4.69, 9.17) is 4.42 Å². The minimum Gasteiger partial charge on any atom is -0.455 e. The molecule has 0 aliphatic heterocycles. The van der Waals surface area contributed by atoms with Crippen molar-refractivity contribution in [1.29, 1.82) is 0 Å². The molecule has 9 aromatic carbocycles. The maximum Gasteiger partial charge on any atom is 0.143 e. The highest BCUT2D eigenvalue weighted by molar-refractivity contribution is 6.17. The molecule has 2 nitrogen and oxygen atoms in total. The lowest BCUT2D eigenvalue weighted by Crippen LogP contribution is -2.11. The van der Waals surface area contributed by atoms with Crippen molar-refractivity contribution in [2.24, 2.45) is 0 Å². The van der Waals surface area contributed by atoms with E-state index in [0.717, 1.165) is 55.5 Å². The summed E-state index contributed by atoms with van der Waals surface area (Å²) in [5.74, 6) is 0. The molecule has 0 amide bonds. The summed E-state index contributed by atoms with van der Waals surface area (Å²) in [5.41, 5.74) is 12.0. The predicted molar refractivity (Wildman–Crippen MR) is 220 cm³/mol. The summed E-state index contributed by atoms with van der Waals surface area (Å²) in [5, 5.41) is 7.04. The number of anilines is 3. The topological polar surface area (TPSA) is 16.4 Å². The first-order chi connectivity index (χ1) is 25.8. The van der Waals surface area contributed by atoms with E-state index in [0.29, 0.717) is 0 Å². The van der Waals surface area contributed by atoms with E-state index < -0.39 is 0 Å². The number of para-hydroxylation sites is 2. The summed E-state index contributed by atoms with van der Waals surface area (Å²) in [6, 6.07) is 71.6. The summed E-state index contributed by atoms with van der Waals surface area (Å²) in [6.45, 7) is 0. The molecule has 0 fully saturated rings. The van der Waals surface area contributed by atoms with Crippen LogP contribution in [0.25, 0.3) is 76.9 Å². The maximum atomic E-state index is 6.86. The molecule has 0 bridgehead atoms. The molecule has 0 saturated heterocycles. The van der Waals surface area contributed by atoms with Crippen LogP contribution < -0.4 is 4.90 Å². The second kappa shape index (κ2) is 12.5. The maximum absolute atomic E-state index is 6.86. The molecule has 244 valence electrons. The standard InChI is InChI=1S/C50H33NO/c1-2-13-34(14-3-1)38-18-10-19-40(33-38)51(39-30-27-37(28-31-39)42-23-11-17-35-15-4-6-20-41(35)42)48-26-9-8-22-44(48)45-24-12-25-46-47-32-29-36-16-5-7-21-43(36)49(47)52-50(45)46/h1-33H. The number of fused-ring (bicyclic) bond motifs is 6. The summed E-state index contributed by atoms with van der Waals surface area (Å²) >= 11 is 0. The summed E-state index contributed by atoms with van der Waals surface area (Å²) in [7, 11) is 0. The van der Waals surface area contributed by atoms with Crippen LogP contribution in [0.1, 0.15) is 0 Å². The number of rotatable bonds is 6. The Kier molecular flexibility index (Phi) is 7.18. The third-order valence-electron chi connectivity index (χ3n) is 10.3. The number of hydrogen-bond donors (Lipinski definition) is 0. The molecule has 0 N–H and O–H groups in total. The average molecular weight is 664 g/mol. The van der Waals surface area contributed by atoms with E-state index in [9.17, 15) is 0 Å². The SMILES string of the molecule is c1ccc(-c2cccc(N(c3ccc(-c4cccc5ccccc45)cc3)c3ccccc3-c3cccc4c3oc3c5ccccc5ccc43)c2)cc1. The van der Waals surface area contributed by atoms with Crippen LogP contribution in [0, 0.1) is 0 Å². The molecule has 10 rings (SSSR count). The normalized spacial score (nSPS) is 11.5. The highest BCUT2D eigenvalue weighted by Gasteiger charge is 2.21. The average Bonchev–Trinajstić information content (AvgIpc) is 3.61. The molecule has 0 spiro atoms. The minimum absolute atomic E-state index is 0.894. The van der Waals surface area contributed by atoms with E-state index >= 15 is 0 Å². The molecule has 52 heavy (non-hydrogen) atoms. The Morgan fingerprint density at radius 1 is 0.308 bits per heavy atom. The Labute approximate surface area is 302 Å². The van der Waals surface area contributed by atoms with E-state index in [1.807, 2.05) is 0 Å². The van der Waals surface area contributed by atoms with E-state index in [1.165, 1.54) is 38.4 Å². The van der Waals surface area contributed by atoms with Gasteiger partial charge in [0.05, 0.1) is 5.69 Å². The van der Waals surface area contributed by atoms with Gasteiger partial charge in [-0.2, -0.15) is 0 Å². The lowest BCUT2D eigenvalue weighted by atomic mass is 9.97. The third kappa shape index (κ3) is 5.04. The summed E-state index contributed by atoms with van der Waals surface area (Å²) < 4.78 is 6.86. The van der Waals surface area contributed by atoms with Crippen molar-refractivity contribution in [2.75, 3.05) is 4.90 Å². The van der Waals surface area contributed by atoms with Gasteiger partial charge in [0.25, 0.3) is 0 Å². The molecule has 1 heterocycles. The number of benzene rings is 9. The van der Waals surface area contributed by atoms with Crippen LogP contribution in [0.5, 0.6) is 0 Å². The first kappa shape index (κ1) is 30.0. The van der Waals surface area contributed by atoms with Crippen LogP contribution in [-0.4, -0.2) is 0 Å². The second-order valence-electron chi connectivity index (χ2n) is 13.3. The molecule has 0 aliphatic rings. The van der Waals surface area contributed by atoms with Crippen molar-refractivity contribution >= 4 is 60.5 Å². The van der Waals surface area contributed by atoms with Gasteiger partial charge in [0, 0.05) is 38.7 Å². The zero-order valence-electron chi connectivity index (χ0n) is 28.4. The molecule has 2 heteroatoms. The van der Waals surface area contributed by atoms with Crippen LogP contribution in [0.3, 0.4) is 0 Å². The Morgan fingerprint density at radius 2 is 0.904 bits per heavy atom. The Morgan fingerprint density at radius 3 is 1.77 bits per heavy atom. The Bertz CT molecular complexity index is 2900. The number of furan rings is 1. The molecule has 0 atom stereocenters. The minimum atomic E-state index is 0.894. The van der Waals surface area contributed by atoms with Crippen molar-refractivity contribution in [3.05, 3.63) is 200 Å². The zero-order valence-corrected chi connectivity index (χ0v) is 28.4. The van der Waals surface area contributed by atoms with E-state index in [2.05, 4.69) is 205 Å². The van der Waals surface area contributed by atoms with Gasteiger partial charge in [-0.05, 0) is 74.8 Å². The van der Waals surface area contributed by atoms with Gasteiger partial charge in [-0.1, -0.05) is 164 Å². The van der Waals surface area contributed by atoms with Gasteiger partial charge in [-0.15, -0.1) is 0 Å². The molecule has 0 unspecified atom stereocenters. The summed E-state index contributed by atoms with van der Waals surface area (Å²) in [6.07, 6.45) is 0. The fourth-order valence-corrected chi connectivity index (χ4v) is 7.78. The van der Waals surface area contributed by atoms with E-state index in [1.54, 1.807) is 0 Å². The van der Waals surface area contributed by atoms with Crippen LogP contribution >= 0.6 is 0 Å². The van der Waals surface area contributed by atoms with Crippen LogP contribution in [0.2, 0.25) is 0 Å². The fourth-order valence-electron chi connectivity index (χ4n) is 7.78. The highest BCUT2D eigenvalue weighted by Crippen LogP contribution is 2.46. The third-order valence-corrected chi connectivity index (χ3v) is 10.3. The van der Waals surface area contributed by atoms with Gasteiger partial charge >= 0.3 is 0 Å². The Balaban J connectivity index is 1.17. The lowest BCUT2D eigenvalue weighted by molar-refractivity contribution is 0.674. The molecule has 1 aromatic heterocycles. The molecule has 0 radical (unpaired) electrons. The van der Waals surface area contributed by atoms with Crippen molar-refractivity contribution in [3.63, 3.8) is 0 Å². The quantitative estimate of drug-likeness (QED) is 0.176. The fraction of sp³-hybridized carbons (Fsp3) is 0. The van der Waals surface area contributed by atoms with Crippen LogP contribution in [0.15, 0.2) is 205 Å². The summed E-state index contributed by atoms with van der Waals surface area (Å²) in [4.78, 5) is 2.38. The van der Waals surface area contributed by atoms with Crippen molar-refractivity contribution in [3.8, 4) is 33.4 Å². The predicted octanol–water partition coefficient (Wildman–Crippen LogP) is 14.4. The van der Waals surface area contributed by atoms with E-state index in [-0.39, 0.29) is 0 Å². The molecule has 0 saturated carbocycles.